The minimum Gasteiger partial charge on any atom is -0.385 e. The van der Waals surface area contributed by atoms with E-state index in [0.717, 1.165) is 23.0 Å². The number of para-hydroxylation sites is 1. The number of fused-ring (bicyclic) bond motifs is 1. The highest BCUT2D eigenvalue weighted by molar-refractivity contribution is 6.09. The van der Waals surface area contributed by atoms with Crippen molar-refractivity contribution in [3.8, 4) is 0 Å². The highest BCUT2D eigenvalue weighted by atomic mass is 19.4. The summed E-state index contributed by atoms with van der Waals surface area (Å²) in [6.45, 7) is 1.24. The van der Waals surface area contributed by atoms with Crippen molar-refractivity contribution in [2.75, 3.05) is 19.6 Å². The lowest BCUT2D eigenvalue weighted by Crippen LogP contribution is -2.44. The number of ketones is 1. The van der Waals surface area contributed by atoms with Crippen molar-refractivity contribution in [3.05, 3.63) is 71.4 Å². The van der Waals surface area contributed by atoms with Crippen LogP contribution in [0.25, 0.3) is 10.9 Å². The third kappa shape index (κ3) is 3.87. The molecule has 0 unspecified atom stereocenters. The zero-order valence-electron chi connectivity index (χ0n) is 16.6. The van der Waals surface area contributed by atoms with Crippen molar-refractivity contribution < 1.29 is 23.1 Å². The number of hydrogen-bond acceptors (Lipinski definition) is 3. The van der Waals surface area contributed by atoms with Gasteiger partial charge < -0.3 is 9.67 Å². The number of hydrogen-bond donors (Lipinski definition) is 1. The van der Waals surface area contributed by atoms with Crippen LogP contribution >= 0.6 is 0 Å². The van der Waals surface area contributed by atoms with E-state index in [9.17, 15) is 23.1 Å². The van der Waals surface area contributed by atoms with E-state index in [1.807, 2.05) is 47.0 Å². The number of alkyl halides is 3. The number of Topliss-reactive ketones (excluding diaryl/α,β-unsaturated/α-hetero) is 1. The Morgan fingerprint density at radius 1 is 1.07 bits per heavy atom. The van der Waals surface area contributed by atoms with Gasteiger partial charge in [0.1, 0.15) is 0 Å². The summed E-state index contributed by atoms with van der Waals surface area (Å²) in [5.41, 5.74) is 0.250. The minimum atomic E-state index is -4.40. The molecule has 0 bridgehead atoms. The molecular weight excluding hydrogens is 393 g/mol. The molecule has 0 saturated carbocycles. The van der Waals surface area contributed by atoms with Crippen LogP contribution in [0.4, 0.5) is 13.2 Å². The molecule has 1 N–H and O–H groups in total. The van der Waals surface area contributed by atoms with Gasteiger partial charge in [-0.2, -0.15) is 13.2 Å². The first-order valence-corrected chi connectivity index (χ1v) is 9.87. The van der Waals surface area contributed by atoms with Crippen LogP contribution in [0.3, 0.4) is 0 Å². The molecular formula is C23H23F3N2O2. The second kappa shape index (κ2) is 7.56. The molecule has 158 valence electrons. The lowest BCUT2D eigenvalue weighted by atomic mass is 9.84. The first-order chi connectivity index (χ1) is 14.2. The third-order valence-corrected chi connectivity index (χ3v) is 6.00. The average molecular weight is 416 g/mol. The van der Waals surface area contributed by atoms with E-state index in [0.29, 0.717) is 37.1 Å². The van der Waals surface area contributed by atoms with E-state index in [4.69, 9.17) is 0 Å². The van der Waals surface area contributed by atoms with Gasteiger partial charge in [-0.25, -0.2) is 0 Å². The van der Waals surface area contributed by atoms with Crippen LogP contribution < -0.4 is 0 Å². The second-order valence-corrected chi connectivity index (χ2v) is 7.98. The van der Waals surface area contributed by atoms with Crippen LogP contribution in [-0.4, -0.2) is 40.0 Å². The number of rotatable bonds is 4. The summed E-state index contributed by atoms with van der Waals surface area (Å²) in [6, 6.07) is 12.4. The molecule has 4 rings (SSSR count). The number of aliphatic hydroxyl groups is 1. The van der Waals surface area contributed by atoms with Gasteiger partial charge >= 0.3 is 6.18 Å². The summed E-state index contributed by atoms with van der Waals surface area (Å²) in [5.74, 6) is 0.0202. The molecule has 7 heteroatoms. The van der Waals surface area contributed by atoms with Crippen LogP contribution in [0.1, 0.15) is 34.3 Å². The van der Waals surface area contributed by atoms with Gasteiger partial charge in [-0.3, -0.25) is 9.69 Å². The maximum absolute atomic E-state index is 12.9. The van der Waals surface area contributed by atoms with E-state index in [2.05, 4.69) is 0 Å². The summed E-state index contributed by atoms with van der Waals surface area (Å²) < 4.78 is 40.2. The van der Waals surface area contributed by atoms with Gasteiger partial charge in [-0.15, -0.1) is 0 Å². The topological polar surface area (TPSA) is 45.5 Å². The van der Waals surface area contributed by atoms with Crippen LogP contribution in [0.15, 0.2) is 54.7 Å². The fourth-order valence-electron chi connectivity index (χ4n) is 4.19. The maximum Gasteiger partial charge on any atom is 0.416 e. The highest BCUT2D eigenvalue weighted by Gasteiger charge is 2.36. The van der Waals surface area contributed by atoms with E-state index in [1.54, 1.807) is 0 Å². The summed E-state index contributed by atoms with van der Waals surface area (Å²) >= 11 is 0. The molecule has 2 heterocycles. The first kappa shape index (κ1) is 20.6. The third-order valence-electron chi connectivity index (χ3n) is 6.00. The summed E-state index contributed by atoms with van der Waals surface area (Å²) in [5, 5.41) is 11.9. The predicted molar refractivity (Wildman–Crippen MR) is 108 cm³/mol. The molecule has 1 fully saturated rings. The van der Waals surface area contributed by atoms with Gasteiger partial charge in [0, 0.05) is 42.8 Å². The predicted octanol–water partition coefficient (Wildman–Crippen LogP) is 4.36. The molecule has 0 radical (unpaired) electrons. The Bertz CT molecular complexity index is 1060. The summed E-state index contributed by atoms with van der Waals surface area (Å²) in [6.07, 6.45) is -1.83. The highest BCUT2D eigenvalue weighted by Crippen LogP contribution is 2.35. The van der Waals surface area contributed by atoms with E-state index >= 15 is 0 Å². The van der Waals surface area contributed by atoms with Crippen molar-refractivity contribution in [2.45, 2.75) is 24.6 Å². The largest absolute Gasteiger partial charge is 0.416 e. The molecule has 0 amide bonds. The maximum atomic E-state index is 12.9. The van der Waals surface area contributed by atoms with Crippen LogP contribution in [0, 0.1) is 0 Å². The molecule has 30 heavy (non-hydrogen) atoms. The molecule has 0 aliphatic carbocycles. The molecule has 0 spiro atoms. The number of likely N-dealkylation sites (tertiary alicyclic amines) is 1. The minimum absolute atomic E-state index is 0.0202. The van der Waals surface area contributed by atoms with E-state index in [-0.39, 0.29) is 12.3 Å². The van der Waals surface area contributed by atoms with Crippen LogP contribution in [0.2, 0.25) is 0 Å². The van der Waals surface area contributed by atoms with Gasteiger partial charge in [0.2, 0.25) is 0 Å². The molecule has 3 aromatic rings. The fraction of sp³-hybridized carbons (Fsp3) is 0.348. The summed E-state index contributed by atoms with van der Waals surface area (Å²) in [7, 11) is 1.91. The van der Waals surface area contributed by atoms with Crippen LogP contribution in [-0.2, 0) is 18.8 Å². The smallest absolute Gasteiger partial charge is 0.385 e. The molecule has 1 aliphatic rings. The molecule has 1 saturated heterocycles. The van der Waals surface area contributed by atoms with Crippen molar-refractivity contribution in [1.82, 2.24) is 9.47 Å². The number of aromatic nitrogens is 1. The van der Waals surface area contributed by atoms with Crippen molar-refractivity contribution in [1.29, 1.82) is 0 Å². The van der Waals surface area contributed by atoms with Crippen molar-refractivity contribution in [2.24, 2.45) is 7.05 Å². The molecule has 1 aliphatic heterocycles. The molecule has 2 aromatic carbocycles. The van der Waals surface area contributed by atoms with E-state index in [1.165, 1.54) is 12.1 Å². The summed E-state index contributed by atoms with van der Waals surface area (Å²) in [4.78, 5) is 14.9. The SMILES string of the molecule is Cn1cc(C(=O)CN2CCC(O)(c3ccc(C(F)(F)F)cc3)CC2)c2ccccc21. The standard InChI is InChI=1S/C23H23F3N2O2/c1-27-14-19(18-4-2-3-5-20(18)27)21(29)15-28-12-10-22(30,11-13-28)16-6-8-17(9-7-16)23(24,25)26/h2-9,14,30H,10-13,15H2,1H3. The van der Waals surface area contributed by atoms with E-state index < -0.39 is 17.3 Å². The second-order valence-electron chi connectivity index (χ2n) is 7.98. The average Bonchev–Trinajstić information content (AvgIpc) is 3.06. The first-order valence-electron chi connectivity index (χ1n) is 9.87. The number of halogens is 3. The zero-order valence-corrected chi connectivity index (χ0v) is 16.6. The number of benzene rings is 2. The Hall–Kier alpha value is -2.64. The number of aryl methyl sites for hydroxylation is 1. The van der Waals surface area contributed by atoms with Gasteiger partial charge in [0.15, 0.2) is 5.78 Å². The Labute approximate surface area is 172 Å². The monoisotopic (exact) mass is 416 g/mol. The zero-order chi connectivity index (χ0) is 21.5. The molecule has 0 atom stereocenters. The van der Waals surface area contributed by atoms with Gasteiger partial charge in [-0.1, -0.05) is 30.3 Å². The quantitative estimate of drug-likeness (QED) is 0.643. The normalized spacial score (nSPS) is 17.4. The number of nitrogens with zero attached hydrogens (tertiary/aromatic N) is 2. The Balaban J connectivity index is 1.42. The number of carbonyl (C=O) groups excluding carboxylic acids is 1. The van der Waals surface area contributed by atoms with Crippen molar-refractivity contribution >= 4 is 16.7 Å². The Morgan fingerprint density at radius 2 is 1.70 bits per heavy atom. The van der Waals surface area contributed by atoms with Crippen LogP contribution in [0.5, 0.6) is 0 Å². The Kier molecular flexibility index (Phi) is 5.20. The number of carbonyl (C=O) groups is 1. The van der Waals surface area contributed by atoms with Gasteiger partial charge in [-0.05, 0) is 36.6 Å². The van der Waals surface area contributed by atoms with Crippen molar-refractivity contribution in [3.63, 3.8) is 0 Å². The lowest BCUT2D eigenvalue weighted by Gasteiger charge is -2.38. The molecule has 4 nitrogen and oxygen atoms in total. The lowest BCUT2D eigenvalue weighted by molar-refractivity contribution is -0.137. The molecule has 1 aromatic heterocycles. The fourth-order valence-corrected chi connectivity index (χ4v) is 4.19. The number of piperidine rings is 1. The Morgan fingerprint density at radius 3 is 2.33 bits per heavy atom. The van der Waals surface area contributed by atoms with Gasteiger partial charge in [0.25, 0.3) is 0 Å². The van der Waals surface area contributed by atoms with Gasteiger partial charge in [0.05, 0.1) is 17.7 Å².